The van der Waals surface area contributed by atoms with Crippen LogP contribution in [0.4, 0.5) is 5.69 Å². The van der Waals surface area contributed by atoms with Crippen molar-refractivity contribution in [3.05, 3.63) is 41.4 Å². The summed E-state index contributed by atoms with van der Waals surface area (Å²) in [5.41, 5.74) is 8.91. The lowest BCUT2D eigenvalue weighted by Crippen LogP contribution is -1.85. The maximum absolute atomic E-state index is 9.42. The molecule has 0 bridgehead atoms. The number of H-pyrrole nitrogens is 1. The van der Waals surface area contributed by atoms with Crippen LogP contribution in [-0.2, 0) is 0 Å². The quantitative estimate of drug-likeness (QED) is 0.588. The number of hydrogen-bond acceptors (Lipinski definition) is 3. The number of benzene rings is 2. The van der Waals surface area contributed by atoms with Crippen molar-refractivity contribution in [1.29, 1.82) is 0 Å². The zero-order valence-electron chi connectivity index (χ0n) is 9.31. The van der Waals surface area contributed by atoms with Gasteiger partial charge in [-0.25, -0.2) is 0 Å². The minimum absolute atomic E-state index is 0.0553. The lowest BCUT2D eigenvalue weighted by molar-refractivity contribution is 0.475. The molecule has 0 atom stereocenters. The van der Waals surface area contributed by atoms with Crippen LogP contribution < -0.4 is 5.73 Å². The van der Waals surface area contributed by atoms with E-state index in [0.717, 1.165) is 22.2 Å². The fraction of sp³-hybridized carbons (Fsp3) is 0. The van der Waals surface area contributed by atoms with Gasteiger partial charge in [0.15, 0.2) is 0 Å². The SMILES string of the molecule is Nc1cccc2c(-c3ccc(O)c(Cl)c3)n[nH]c12. The number of rotatable bonds is 1. The van der Waals surface area contributed by atoms with Crippen molar-refractivity contribution in [3.8, 4) is 17.0 Å². The van der Waals surface area contributed by atoms with Gasteiger partial charge in [0.25, 0.3) is 0 Å². The zero-order valence-corrected chi connectivity index (χ0v) is 10.1. The number of halogens is 1. The molecule has 0 amide bonds. The van der Waals surface area contributed by atoms with Crippen LogP contribution in [0.15, 0.2) is 36.4 Å². The van der Waals surface area contributed by atoms with E-state index in [-0.39, 0.29) is 5.75 Å². The highest BCUT2D eigenvalue weighted by Gasteiger charge is 2.11. The number of nitrogens with one attached hydrogen (secondary N) is 1. The molecule has 0 saturated carbocycles. The first-order valence-electron chi connectivity index (χ1n) is 5.38. The number of nitrogen functional groups attached to an aromatic ring is 1. The molecule has 1 aromatic heterocycles. The molecule has 2 aromatic carbocycles. The van der Waals surface area contributed by atoms with E-state index >= 15 is 0 Å². The molecule has 4 N–H and O–H groups in total. The first-order valence-corrected chi connectivity index (χ1v) is 5.76. The van der Waals surface area contributed by atoms with Crippen molar-refractivity contribution in [2.75, 3.05) is 5.73 Å². The van der Waals surface area contributed by atoms with E-state index in [0.29, 0.717) is 10.7 Å². The summed E-state index contributed by atoms with van der Waals surface area (Å²) in [6.07, 6.45) is 0. The summed E-state index contributed by atoms with van der Waals surface area (Å²) in [5, 5.41) is 17.8. The molecule has 0 radical (unpaired) electrons. The standard InChI is InChI=1S/C13H10ClN3O/c14-9-6-7(4-5-11(9)18)12-8-2-1-3-10(15)13(8)17-16-12/h1-6,18H,15H2,(H,16,17). The summed E-state index contributed by atoms with van der Waals surface area (Å²) >= 11 is 5.90. The Balaban J connectivity index is 2.25. The van der Waals surface area contributed by atoms with E-state index in [1.807, 2.05) is 18.2 Å². The van der Waals surface area contributed by atoms with Gasteiger partial charge in [0.1, 0.15) is 11.4 Å². The average molecular weight is 260 g/mol. The van der Waals surface area contributed by atoms with Crippen molar-refractivity contribution in [2.24, 2.45) is 0 Å². The number of phenols is 1. The lowest BCUT2D eigenvalue weighted by Gasteiger charge is -2.01. The second-order valence-corrected chi connectivity index (χ2v) is 4.42. The molecule has 0 aliphatic carbocycles. The van der Waals surface area contributed by atoms with Crippen molar-refractivity contribution >= 4 is 28.2 Å². The smallest absolute Gasteiger partial charge is 0.134 e. The van der Waals surface area contributed by atoms with Crippen molar-refractivity contribution in [2.45, 2.75) is 0 Å². The normalized spacial score (nSPS) is 10.9. The Bertz CT molecular complexity index is 736. The number of anilines is 1. The summed E-state index contributed by atoms with van der Waals surface area (Å²) in [6.45, 7) is 0. The minimum atomic E-state index is 0.0553. The first-order chi connectivity index (χ1) is 8.66. The van der Waals surface area contributed by atoms with Gasteiger partial charge in [0.05, 0.1) is 16.2 Å². The van der Waals surface area contributed by atoms with Crippen LogP contribution in [0, 0.1) is 0 Å². The van der Waals surface area contributed by atoms with Gasteiger partial charge in [-0.2, -0.15) is 5.10 Å². The number of aromatic hydroxyl groups is 1. The Hall–Kier alpha value is -2.20. The molecule has 18 heavy (non-hydrogen) atoms. The third kappa shape index (κ3) is 1.58. The van der Waals surface area contributed by atoms with Gasteiger partial charge < -0.3 is 10.8 Å². The van der Waals surface area contributed by atoms with E-state index < -0.39 is 0 Å². The molecule has 0 aliphatic heterocycles. The molecular formula is C13H10ClN3O. The van der Waals surface area contributed by atoms with Gasteiger partial charge in [-0.3, -0.25) is 5.10 Å². The van der Waals surface area contributed by atoms with Gasteiger partial charge in [-0.1, -0.05) is 23.7 Å². The fourth-order valence-corrected chi connectivity index (χ4v) is 2.12. The van der Waals surface area contributed by atoms with Crippen LogP contribution in [0.3, 0.4) is 0 Å². The third-order valence-corrected chi connectivity index (χ3v) is 3.16. The summed E-state index contributed by atoms with van der Waals surface area (Å²) in [6, 6.07) is 10.6. The maximum Gasteiger partial charge on any atom is 0.134 e. The maximum atomic E-state index is 9.42. The van der Waals surface area contributed by atoms with E-state index in [9.17, 15) is 5.11 Å². The predicted molar refractivity (Wildman–Crippen MR) is 72.6 cm³/mol. The molecule has 1 heterocycles. The summed E-state index contributed by atoms with van der Waals surface area (Å²) in [5.74, 6) is 0.0553. The van der Waals surface area contributed by atoms with Gasteiger partial charge in [-0.05, 0) is 24.3 Å². The molecule has 0 spiro atoms. The molecule has 5 heteroatoms. The number of nitrogens with zero attached hydrogens (tertiary/aromatic N) is 1. The van der Waals surface area contributed by atoms with Crippen LogP contribution in [0.1, 0.15) is 0 Å². The number of aromatic nitrogens is 2. The topological polar surface area (TPSA) is 74.9 Å². The molecule has 0 unspecified atom stereocenters. The highest BCUT2D eigenvalue weighted by atomic mass is 35.5. The number of hydrogen-bond donors (Lipinski definition) is 3. The Kier molecular flexibility index (Phi) is 2.38. The average Bonchev–Trinajstić information content (AvgIpc) is 2.78. The molecular weight excluding hydrogens is 250 g/mol. The summed E-state index contributed by atoms with van der Waals surface area (Å²) in [4.78, 5) is 0. The van der Waals surface area contributed by atoms with Crippen LogP contribution in [-0.4, -0.2) is 15.3 Å². The molecule has 3 aromatic rings. The molecule has 4 nitrogen and oxygen atoms in total. The number of phenolic OH excluding ortho intramolecular Hbond substituents is 1. The summed E-state index contributed by atoms with van der Waals surface area (Å²) in [7, 11) is 0. The highest BCUT2D eigenvalue weighted by Crippen LogP contribution is 2.33. The van der Waals surface area contributed by atoms with E-state index in [1.165, 1.54) is 0 Å². The van der Waals surface area contributed by atoms with Gasteiger partial charge >= 0.3 is 0 Å². The van der Waals surface area contributed by atoms with Gasteiger partial charge in [0, 0.05) is 10.9 Å². The van der Waals surface area contributed by atoms with Crippen LogP contribution in [0.25, 0.3) is 22.2 Å². The molecule has 0 saturated heterocycles. The van der Waals surface area contributed by atoms with Gasteiger partial charge in [-0.15, -0.1) is 0 Å². The van der Waals surface area contributed by atoms with Crippen molar-refractivity contribution in [1.82, 2.24) is 10.2 Å². The molecule has 0 aliphatic rings. The Morgan fingerprint density at radius 3 is 2.83 bits per heavy atom. The first kappa shape index (κ1) is 10.9. The van der Waals surface area contributed by atoms with Crippen LogP contribution >= 0.6 is 11.6 Å². The second kappa shape index (κ2) is 3.92. The zero-order chi connectivity index (χ0) is 12.7. The Labute approximate surface area is 108 Å². The number of fused-ring (bicyclic) bond motifs is 1. The largest absolute Gasteiger partial charge is 0.506 e. The van der Waals surface area contributed by atoms with Crippen molar-refractivity contribution in [3.63, 3.8) is 0 Å². The Morgan fingerprint density at radius 2 is 2.06 bits per heavy atom. The van der Waals surface area contributed by atoms with Crippen LogP contribution in [0.5, 0.6) is 5.75 Å². The Morgan fingerprint density at radius 1 is 1.22 bits per heavy atom. The van der Waals surface area contributed by atoms with E-state index in [1.54, 1.807) is 18.2 Å². The molecule has 90 valence electrons. The fourth-order valence-electron chi connectivity index (χ4n) is 1.94. The third-order valence-electron chi connectivity index (χ3n) is 2.85. The molecule has 0 fully saturated rings. The number of aromatic amines is 1. The highest BCUT2D eigenvalue weighted by molar-refractivity contribution is 6.32. The molecule has 3 rings (SSSR count). The van der Waals surface area contributed by atoms with E-state index in [2.05, 4.69) is 10.2 Å². The van der Waals surface area contributed by atoms with E-state index in [4.69, 9.17) is 17.3 Å². The van der Waals surface area contributed by atoms with Crippen LogP contribution in [0.2, 0.25) is 5.02 Å². The lowest BCUT2D eigenvalue weighted by atomic mass is 10.1. The minimum Gasteiger partial charge on any atom is -0.506 e. The monoisotopic (exact) mass is 259 g/mol. The van der Waals surface area contributed by atoms with Gasteiger partial charge in [0.2, 0.25) is 0 Å². The number of nitrogens with two attached hydrogens (primary N) is 1. The second-order valence-electron chi connectivity index (χ2n) is 4.01. The van der Waals surface area contributed by atoms with Crippen molar-refractivity contribution < 1.29 is 5.11 Å². The predicted octanol–water partition coefficient (Wildman–Crippen LogP) is 3.17. The summed E-state index contributed by atoms with van der Waals surface area (Å²) < 4.78 is 0. The number of para-hydroxylation sites is 1.